The molecule has 0 aromatic heterocycles. The second kappa shape index (κ2) is 17.4. The Morgan fingerprint density at radius 1 is 0.943 bits per heavy atom. The van der Waals surface area contributed by atoms with Crippen LogP contribution < -0.4 is 10.1 Å². The van der Waals surface area contributed by atoms with E-state index in [0.29, 0.717) is 31.0 Å². The first kappa shape index (κ1) is 29.2. The number of unbranched alkanes of at least 4 members (excludes halogenated alkanes) is 9. The normalized spacial score (nSPS) is 15.6. The number of rotatable bonds is 19. The lowest BCUT2D eigenvalue weighted by molar-refractivity contribution is -0.138. The average Bonchev–Trinajstić information content (AvgIpc) is 3.13. The lowest BCUT2D eigenvalue weighted by atomic mass is 10.1. The molecule has 0 bridgehead atoms. The van der Waals surface area contributed by atoms with E-state index in [2.05, 4.69) is 19.2 Å². The molecule has 0 saturated carbocycles. The third kappa shape index (κ3) is 11.1. The van der Waals surface area contributed by atoms with Crippen LogP contribution in [0.4, 0.5) is 0 Å². The Hall–Kier alpha value is -2.02. The molecule has 1 unspecified atom stereocenters. The number of imide groups is 1. The van der Waals surface area contributed by atoms with Crippen molar-refractivity contribution in [3.8, 4) is 5.75 Å². The van der Waals surface area contributed by atoms with Gasteiger partial charge in [-0.1, -0.05) is 71.6 Å². The standard InChI is InChI=1S/C28H44N2O4S/c1-3-5-7-9-10-11-12-19-30-26(31)22-25(28(30)33)35-21-18-29-27(32)23-14-16-24(17-15-23)34-20-13-8-6-4-2/h14-17,25H,3-13,18-22H2,1-2H3,(H,29,32). The van der Waals surface area contributed by atoms with Crippen LogP contribution in [0.3, 0.4) is 0 Å². The molecule has 3 amide bonds. The van der Waals surface area contributed by atoms with Crippen molar-refractivity contribution in [2.24, 2.45) is 0 Å². The molecule has 2 rings (SSSR count). The quantitative estimate of drug-likeness (QED) is 0.185. The molecular formula is C28H44N2O4S. The number of hydrogen-bond donors (Lipinski definition) is 1. The van der Waals surface area contributed by atoms with Gasteiger partial charge in [0, 0.05) is 30.8 Å². The van der Waals surface area contributed by atoms with Crippen molar-refractivity contribution in [1.82, 2.24) is 10.2 Å². The molecule has 1 N–H and O–H groups in total. The topological polar surface area (TPSA) is 75.7 Å². The van der Waals surface area contributed by atoms with Gasteiger partial charge in [0.1, 0.15) is 5.75 Å². The van der Waals surface area contributed by atoms with Gasteiger partial charge in [0.2, 0.25) is 11.8 Å². The number of carbonyl (C=O) groups excluding carboxylic acids is 3. The monoisotopic (exact) mass is 504 g/mol. The molecule has 1 atom stereocenters. The first-order valence-electron chi connectivity index (χ1n) is 13.5. The van der Waals surface area contributed by atoms with E-state index in [-0.39, 0.29) is 29.4 Å². The summed E-state index contributed by atoms with van der Waals surface area (Å²) in [5.41, 5.74) is 0.585. The molecule has 1 aromatic rings. The largest absolute Gasteiger partial charge is 0.494 e. The minimum atomic E-state index is -0.322. The van der Waals surface area contributed by atoms with Gasteiger partial charge in [-0.3, -0.25) is 19.3 Å². The number of nitrogens with zero attached hydrogens (tertiary/aromatic N) is 1. The summed E-state index contributed by atoms with van der Waals surface area (Å²) in [5.74, 6) is 1.10. The number of thioether (sulfide) groups is 1. The zero-order chi connectivity index (χ0) is 25.3. The second-order valence-corrected chi connectivity index (χ2v) is 10.6. The van der Waals surface area contributed by atoms with Crippen LogP contribution in [0.2, 0.25) is 0 Å². The van der Waals surface area contributed by atoms with Crippen LogP contribution >= 0.6 is 11.8 Å². The number of nitrogens with one attached hydrogen (secondary N) is 1. The van der Waals surface area contributed by atoms with Gasteiger partial charge in [0.25, 0.3) is 5.91 Å². The van der Waals surface area contributed by atoms with E-state index >= 15 is 0 Å². The SMILES string of the molecule is CCCCCCCCCN1C(=O)CC(SCCNC(=O)c2ccc(OCCCCCC)cc2)C1=O. The first-order valence-corrected chi connectivity index (χ1v) is 14.6. The minimum absolute atomic E-state index is 0.0600. The molecule has 7 heteroatoms. The maximum Gasteiger partial charge on any atom is 0.251 e. The summed E-state index contributed by atoms with van der Waals surface area (Å²) in [6, 6.07) is 7.19. The van der Waals surface area contributed by atoms with Crippen LogP contribution in [-0.4, -0.2) is 53.3 Å². The Balaban J connectivity index is 1.60. The van der Waals surface area contributed by atoms with Crippen LogP contribution in [0.5, 0.6) is 5.75 Å². The fraction of sp³-hybridized carbons (Fsp3) is 0.679. The molecule has 0 radical (unpaired) electrons. The van der Waals surface area contributed by atoms with Crippen LogP contribution in [-0.2, 0) is 9.59 Å². The third-order valence-electron chi connectivity index (χ3n) is 6.28. The Morgan fingerprint density at radius 3 is 2.26 bits per heavy atom. The van der Waals surface area contributed by atoms with Gasteiger partial charge in [-0.05, 0) is 37.1 Å². The minimum Gasteiger partial charge on any atom is -0.494 e. The van der Waals surface area contributed by atoms with E-state index in [0.717, 1.165) is 25.0 Å². The van der Waals surface area contributed by atoms with Gasteiger partial charge in [0.15, 0.2) is 0 Å². The summed E-state index contributed by atoms with van der Waals surface area (Å²) in [7, 11) is 0. The highest BCUT2D eigenvalue weighted by Crippen LogP contribution is 2.25. The van der Waals surface area contributed by atoms with E-state index in [1.165, 1.54) is 68.0 Å². The molecule has 6 nitrogen and oxygen atoms in total. The van der Waals surface area contributed by atoms with E-state index < -0.39 is 0 Å². The third-order valence-corrected chi connectivity index (χ3v) is 7.49. The summed E-state index contributed by atoms with van der Waals surface area (Å²) >= 11 is 1.46. The second-order valence-electron chi connectivity index (χ2n) is 9.26. The Labute approximate surface area is 215 Å². The predicted octanol–water partition coefficient (Wildman–Crippen LogP) is 5.99. The van der Waals surface area contributed by atoms with Crippen molar-refractivity contribution in [2.75, 3.05) is 25.4 Å². The maximum atomic E-state index is 12.6. The van der Waals surface area contributed by atoms with Crippen LogP contribution in [0.1, 0.15) is 101 Å². The fourth-order valence-electron chi connectivity index (χ4n) is 4.13. The lowest BCUT2D eigenvalue weighted by Gasteiger charge is -2.14. The van der Waals surface area contributed by atoms with Crippen LogP contribution in [0.15, 0.2) is 24.3 Å². The van der Waals surface area contributed by atoms with Gasteiger partial charge in [-0.2, -0.15) is 0 Å². The van der Waals surface area contributed by atoms with Crippen molar-refractivity contribution in [1.29, 1.82) is 0 Å². The number of likely N-dealkylation sites (tertiary alicyclic amines) is 1. The summed E-state index contributed by atoms with van der Waals surface area (Å²) in [5, 5.41) is 2.58. The van der Waals surface area contributed by atoms with E-state index in [1.807, 2.05) is 12.1 Å². The molecule has 1 aliphatic rings. The molecule has 1 aromatic carbocycles. The van der Waals surface area contributed by atoms with Gasteiger partial charge in [0.05, 0.1) is 11.9 Å². The van der Waals surface area contributed by atoms with Gasteiger partial charge >= 0.3 is 0 Å². The van der Waals surface area contributed by atoms with Gasteiger partial charge in [-0.25, -0.2) is 0 Å². The molecule has 196 valence electrons. The molecule has 0 aliphatic carbocycles. The van der Waals surface area contributed by atoms with E-state index in [9.17, 15) is 14.4 Å². The highest BCUT2D eigenvalue weighted by atomic mass is 32.2. The summed E-state index contributed by atoms with van der Waals surface area (Å²) in [6.45, 7) is 6.08. The highest BCUT2D eigenvalue weighted by molar-refractivity contribution is 8.00. The Morgan fingerprint density at radius 2 is 1.57 bits per heavy atom. The number of ether oxygens (including phenoxy) is 1. The lowest BCUT2D eigenvalue weighted by Crippen LogP contribution is -2.32. The molecular weight excluding hydrogens is 460 g/mol. The first-order chi connectivity index (χ1) is 17.1. The van der Waals surface area contributed by atoms with Gasteiger partial charge < -0.3 is 10.1 Å². The molecule has 1 fully saturated rings. The molecule has 1 aliphatic heterocycles. The number of amides is 3. The zero-order valence-electron chi connectivity index (χ0n) is 21.7. The molecule has 1 heterocycles. The number of hydrogen-bond acceptors (Lipinski definition) is 5. The fourth-order valence-corrected chi connectivity index (χ4v) is 5.17. The Bertz CT molecular complexity index is 769. The van der Waals surface area contributed by atoms with Gasteiger partial charge in [-0.15, -0.1) is 11.8 Å². The summed E-state index contributed by atoms with van der Waals surface area (Å²) in [4.78, 5) is 38.7. The molecule has 1 saturated heterocycles. The predicted molar refractivity (Wildman–Crippen MR) is 144 cm³/mol. The van der Waals surface area contributed by atoms with E-state index in [1.54, 1.807) is 12.1 Å². The number of carbonyl (C=O) groups is 3. The highest BCUT2D eigenvalue weighted by Gasteiger charge is 2.38. The number of benzene rings is 1. The van der Waals surface area contributed by atoms with Crippen molar-refractivity contribution >= 4 is 29.5 Å². The zero-order valence-corrected chi connectivity index (χ0v) is 22.5. The molecule has 0 spiro atoms. The van der Waals surface area contributed by atoms with Crippen molar-refractivity contribution in [2.45, 2.75) is 96.1 Å². The van der Waals surface area contributed by atoms with Crippen molar-refractivity contribution in [3.63, 3.8) is 0 Å². The summed E-state index contributed by atoms with van der Waals surface area (Å²) in [6.07, 6.45) is 13.1. The van der Waals surface area contributed by atoms with Crippen LogP contribution in [0, 0.1) is 0 Å². The van der Waals surface area contributed by atoms with Crippen molar-refractivity contribution in [3.05, 3.63) is 29.8 Å². The average molecular weight is 505 g/mol. The maximum absolute atomic E-state index is 12.6. The van der Waals surface area contributed by atoms with Crippen molar-refractivity contribution < 1.29 is 19.1 Å². The Kier molecular flexibility index (Phi) is 14.5. The van der Waals surface area contributed by atoms with Crippen LogP contribution in [0.25, 0.3) is 0 Å². The molecule has 35 heavy (non-hydrogen) atoms. The van der Waals surface area contributed by atoms with E-state index in [4.69, 9.17) is 4.74 Å². The smallest absolute Gasteiger partial charge is 0.251 e. The summed E-state index contributed by atoms with van der Waals surface area (Å²) < 4.78 is 5.72.